The summed E-state index contributed by atoms with van der Waals surface area (Å²) in [6.07, 6.45) is 1.08. The van der Waals surface area contributed by atoms with Crippen molar-refractivity contribution < 1.29 is 9.84 Å². The van der Waals surface area contributed by atoms with E-state index in [0.717, 1.165) is 6.42 Å². The number of hydrogen-bond donors (Lipinski definition) is 3. The molecular weight excluding hydrogens is 234 g/mol. The van der Waals surface area contributed by atoms with Gasteiger partial charge >= 0.3 is 6.01 Å². The van der Waals surface area contributed by atoms with Crippen LogP contribution in [-0.2, 0) is 0 Å². The van der Waals surface area contributed by atoms with Crippen molar-refractivity contribution in [3.8, 4) is 6.01 Å². The van der Waals surface area contributed by atoms with Gasteiger partial charge in [-0.3, -0.25) is 0 Å². The van der Waals surface area contributed by atoms with Crippen LogP contribution in [0.5, 0.6) is 6.01 Å². The maximum absolute atomic E-state index is 9.28. The predicted molar refractivity (Wildman–Crippen MR) is 69.4 cm³/mol. The molecule has 0 saturated heterocycles. The number of nitrogens with two attached hydrogens (primary N) is 1. The molecule has 0 amide bonds. The molecular formula is C11H21N5O2. The van der Waals surface area contributed by atoms with E-state index in [4.69, 9.17) is 10.5 Å². The maximum atomic E-state index is 9.28. The van der Waals surface area contributed by atoms with Crippen molar-refractivity contribution in [2.45, 2.75) is 45.8 Å². The molecule has 0 bridgehead atoms. The molecule has 0 spiro atoms. The minimum absolute atomic E-state index is 0.0332. The SMILES string of the molecule is CCCOc1nc(N)nc(NC(C)CC(C)O)n1. The van der Waals surface area contributed by atoms with Gasteiger partial charge in [0.05, 0.1) is 12.7 Å². The molecule has 102 valence electrons. The molecule has 1 aromatic rings. The Morgan fingerprint density at radius 2 is 2.06 bits per heavy atom. The molecule has 0 aliphatic heterocycles. The molecule has 0 saturated carbocycles. The third-order valence-electron chi connectivity index (χ3n) is 2.14. The lowest BCUT2D eigenvalue weighted by atomic mass is 10.2. The first-order chi connectivity index (χ1) is 8.51. The van der Waals surface area contributed by atoms with E-state index in [9.17, 15) is 5.11 Å². The zero-order valence-corrected chi connectivity index (χ0v) is 11.1. The number of aliphatic hydroxyl groups excluding tert-OH is 1. The van der Waals surface area contributed by atoms with Crippen LogP contribution >= 0.6 is 0 Å². The highest BCUT2D eigenvalue weighted by Crippen LogP contribution is 2.11. The van der Waals surface area contributed by atoms with Gasteiger partial charge in [-0.2, -0.15) is 15.0 Å². The fourth-order valence-electron chi connectivity index (χ4n) is 1.49. The van der Waals surface area contributed by atoms with E-state index in [1.807, 2.05) is 13.8 Å². The van der Waals surface area contributed by atoms with E-state index >= 15 is 0 Å². The summed E-state index contributed by atoms with van der Waals surface area (Å²) < 4.78 is 5.31. The van der Waals surface area contributed by atoms with Crippen molar-refractivity contribution in [1.29, 1.82) is 0 Å². The Bertz CT molecular complexity index is 372. The van der Waals surface area contributed by atoms with Crippen LogP contribution in [0.25, 0.3) is 0 Å². The second-order valence-corrected chi connectivity index (χ2v) is 4.28. The molecule has 2 unspecified atom stereocenters. The van der Waals surface area contributed by atoms with Gasteiger partial charge < -0.3 is 20.9 Å². The van der Waals surface area contributed by atoms with Gasteiger partial charge in [-0.05, 0) is 26.7 Å². The molecule has 0 fully saturated rings. The molecule has 4 N–H and O–H groups in total. The monoisotopic (exact) mass is 255 g/mol. The van der Waals surface area contributed by atoms with Gasteiger partial charge in [0, 0.05) is 6.04 Å². The van der Waals surface area contributed by atoms with E-state index < -0.39 is 0 Å². The van der Waals surface area contributed by atoms with E-state index in [0.29, 0.717) is 19.0 Å². The van der Waals surface area contributed by atoms with E-state index in [1.165, 1.54) is 0 Å². The van der Waals surface area contributed by atoms with Gasteiger partial charge in [-0.25, -0.2) is 0 Å². The number of rotatable bonds is 7. The summed E-state index contributed by atoms with van der Waals surface area (Å²) in [5.41, 5.74) is 5.58. The highest BCUT2D eigenvalue weighted by Gasteiger charge is 2.10. The molecule has 1 rings (SSSR count). The Balaban J connectivity index is 2.67. The normalized spacial score (nSPS) is 14.0. The fraction of sp³-hybridized carbons (Fsp3) is 0.727. The second kappa shape index (κ2) is 6.95. The van der Waals surface area contributed by atoms with Crippen molar-refractivity contribution in [3.05, 3.63) is 0 Å². The Labute approximate surface area is 107 Å². The highest BCUT2D eigenvalue weighted by molar-refractivity contribution is 5.33. The van der Waals surface area contributed by atoms with Gasteiger partial charge in [0.15, 0.2) is 0 Å². The van der Waals surface area contributed by atoms with Crippen molar-refractivity contribution >= 4 is 11.9 Å². The molecule has 0 aliphatic carbocycles. The molecule has 0 radical (unpaired) electrons. The van der Waals surface area contributed by atoms with Crippen LogP contribution in [0, 0.1) is 0 Å². The van der Waals surface area contributed by atoms with Crippen molar-refractivity contribution in [3.63, 3.8) is 0 Å². The molecule has 0 aliphatic rings. The summed E-state index contributed by atoms with van der Waals surface area (Å²) in [5, 5.41) is 12.3. The number of aliphatic hydroxyl groups is 1. The van der Waals surface area contributed by atoms with Crippen LogP contribution in [-0.4, -0.2) is 38.8 Å². The lowest BCUT2D eigenvalue weighted by molar-refractivity contribution is 0.179. The topological polar surface area (TPSA) is 106 Å². The van der Waals surface area contributed by atoms with Crippen LogP contribution in [0.1, 0.15) is 33.6 Å². The van der Waals surface area contributed by atoms with E-state index in [1.54, 1.807) is 6.92 Å². The van der Waals surface area contributed by atoms with Crippen LogP contribution < -0.4 is 15.8 Å². The largest absolute Gasteiger partial charge is 0.463 e. The standard InChI is InChI=1S/C11H21N5O2/c1-4-5-18-11-15-9(12)14-10(16-11)13-7(2)6-8(3)17/h7-8,17H,4-6H2,1-3H3,(H3,12,13,14,15,16). The summed E-state index contributed by atoms with van der Waals surface area (Å²) in [6.45, 7) is 6.19. The first-order valence-corrected chi connectivity index (χ1v) is 6.10. The van der Waals surface area contributed by atoms with E-state index in [2.05, 4.69) is 20.3 Å². The fourth-order valence-corrected chi connectivity index (χ4v) is 1.49. The van der Waals surface area contributed by atoms with Crippen LogP contribution in [0.15, 0.2) is 0 Å². The minimum atomic E-state index is -0.387. The zero-order valence-electron chi connectivity index (χ0n) is 11.1. The summed E-state index contributed by atoms with van der Waals surface area (Å²) in [4.78, 5) is 12.0. The predicted octanol–water partition coefficient (Wildman–Crippen LogP) is 0.814. The average Bonchev–Trinajstić information content (AvgIpc) is 2.24. The summed E-state index contributed by atoms with van der Waals surface area (Å²) in [7, 11) is 0. The second-order valence-electron chi connectivity index (χ2n) is 4.28. The molecule has 7 heteroatoms. The molecule has 7 nitrogen and oxygen atoms in total. The third-order valence-corrected chi connectivity index (χ3v) is 2.14. The molecule has 18 heavy (non-hydrogen) atoms. The lowest BCUT2D eigenvalue weighted by Gasteiger charge is -2.15. The molecule has 1 heterocycles. The molecule has 0 aromatic carbocycles. The number of anilines is 2. The number of nitrogen functional groups attached to an aromatic ring is 1. The Hall–Kier alpha value is -1.63. The van der Waals surface area contributed by atoms with Gasteiger partial charge in [0.2, 0.25) is 11.9 Å². The Morgan fingerprint density at radius 3 is 2.67 bits per heavy atom. The van der Waals surface area contributed by atoms with Gasteiger partial charge in [0.25, 0.3) is 0 Å². The smallest absolute Gasteiger partial charge is 0.323 e. The third kappa shape index (κ3) is 5.13. The van der Waals surface area contributed by atoms with Crippen molar-refractivity contribution in [1.82, 2.24) is 15.0 Å². The van der Waals surface area contributed by atoms with Crippen LogP contribution in [0.2, 0.25) is 0 Å². The quantitative estimate of drug-likeness (QED) is 0.662. The summed E-state index contributed by atoms with van der Waals surface area (Å²) >= 11 is 0. The van der Waals surface area contributed by atoms with Gasteiger partial charge in [-0.15, -0.1) is 0 Å². The zero-order chi connectivity index (χ0) is 13.5. The number of hydrogen-bond acceptors (Lipinski definition) is 7. The Morgan fingerprint density at radius 1 is 1.33 bits per heavy atom. The Kier molecular flexibility index (Phi) is 5.57. The van der Waals surface area contributed by atoms with E-state index in [-0.39, 0.29) is 24.1 Å². The number of ether oxygens (including phenoxy) is 1. The maximum Gasteiger partial charge on any atom is 0.323 e. The molecule has 2 atom stereocenters. The van der Waals surface area contributed by atoms with Gasteiger partial charge in [0.1, 0.15) is 0 Å². The lowest BCUT2D eigenvalue weighted by Crippen LogP contribution is -2.22. The van der Waals surface area contributed by atoms with Crippen molar-refractivity contribution in [2.24, 2.45) is 0 Å². The average molecular weight is 255 g/mol. The van der Waals surface area contributed by atoms with Crippen molar-refractivity contribution in [2.75, 3.05) is 17.7 Å². The number of nitrogens with zero attached hydrogens (tertiary/aromatic N) is 3. The van der Waals surface area contributed by atoms with Gasteiger partial charge in [-0.1, -0.05) is 6.92 Å². The highest BCUT2D eigenvalue weighted by atomic mass is 16.5. The first kappa shape index (κ1) is 14.4. The number of nitrogens with one attached hydrogen (secondary N) is 1. The first-order valence-electron chi connectivity index (χ1n) is 6.10. The summed E-state index contributed by atoms with van der Waals surface area (Å²) in [5.74, 6) is 0.476. The summed E-state index contributed by atoms with van der Waals surface area (Å²) in [6, 6.07) is 0.252. The van der Waals surface area contributed by atoms with Crippen LogP contribution in [0.4, 0.5) is 11.9 Å². The molecule has 1 aromatic heterocycles. The van der Waals surface area contributed by atoms with Crippen LogP contribution in [0.3, 0.4) is 0 Å². The number of aromatic nitrogens is 3. The minimum Gasteiger partial charge on any atom is -0.463 e.